The SMILES string of the molecule is Cl.Cl.Cl.OC[C@@H]1O[C@H](CNCc2ccc(F)cc2)[C@H](N2CCN(c3ccccn3)CC2)[C@@H]1O. The van der Waals surface area contributed by atoms with Crippen LogP contribution >= 0.6 is 37.2 Å². The summed E-state index contributed by atoms with van der Waals surface area (Å²) in [5.41, 5.74) is 0.981. The van der Waals surface area contributed by atoms with Crippen LogP contribution < -0.4 is 10.2 Å². The molecule has 2 aliphatic heterocycles. The van der Waals surface area contributed by atoms with Crippen LogP contribution in [0.1, 0.15) is 5.56 Å². The van der Waals surface area contributed by atoms with Crippen LogP contribution in [0.15, 0.2) is 48.7 Å². The van der Waals surface area contributed by atoms with E-state index in [9.17, 15) is 14.6 Å². The van der Waals surface area contributed by atoms with E-state index in [-0.39, 0.29) is 61.8 Å². The summed E-state index contributed by atoms with van der Waals surface area (Å²) < 4.78 is 19.0. The van der Waals surface area contributed by atoms with Crippen molar-refractivity contribution in [2.45, 2.75) is 30.9 Å². The van der Waals surface area contributed by atoms with E-state index in [0.717, 1.165) is 37.6 Å². The highest BCUT2D eigenvalue weighted by Crippen LogP contribution is 2.27. The summed E-state index contributed by atoms with van der Waals surface area (Å²) in [7, 11) is 0. The topological polar surface area (TPSA) is 81.1 Å². The summed E-state index contributed by atoms with van der Waals surface area (Å²) in [5.74, 6) is 0.711. The Morgan fingerprint density at radius 2 is 1.70 bits per heavy atom. The molecule has 0 spiro atoms. The minimum Gasteiger partial charge on any atom is -0.394 e. The summed E-state index contributed by atoms with van der Waals surface area (Å²) in [6, 6.07) is 12.1. The molecule has 3 N–H and O–H groups in total. The summed E-state index contributed by atoms with van der Waals surface area (Å²) in [5, 5.41) is 23.7. The maximum absolute atomic E-state index is 13.1. The molecule has 186 valence electrons. The van der Waals surface area contributed by atoms with E-state index < -0.39 is 12.2 Å². The van der Waals surface area contributed by atoms with Crippen molar-refractivity contribution in [1.29, 1.82) is 0 Å². The molecule has 1 aromatic carbocycles. The molecule has 2 aliphatic rings. The maximum Gasteiger partial charge on any atom is 0.128 e. The number of aromatic nitrogens is 1. The van der Waals surface area contributed by atoms with Gasteiger partial charge < -0.3 is 25.2 Å². The van der Waals surface area contributed by atoms with Crippen molar-refractivity contribution >= 4 is 43.0 Å². The van der Waals surface area contributed by atoms with E-state index in [4.69, 9.17) is 4.74 Å². The summed E-state index contributed by atoms with van der Waals surface area (Å²) in [6.07, 6.45) is 0.236. The maximum atomic E-state index is 13.1. The van der Waals surface area contributed by atoms with Gasteiger partial charge in [0.25, 0.3) is 0 Å². The predicted molar refractivity (Wildman–Crippen MR) is 133 cm³/mol. The van der Waals surface area contributed by atoms with Crippen molar-refractivity contribution in [2.24, 2.45) is 0 Å². The van der Waals surface area contributed by atoms with Gasteiger partial charge in [0.1, 0.15) is 23.8 Å². The molecule has 3 heterocycles. The highest BCUT2D eigenvalue weighted by molar-refractivity contribution is 5.86. The highest BCUT2D eigenvalue weighted by atomic mass is 35.5. The van der Waals surface area contributed by atoms with Crippen LogP contribution in [0, 0.1) is 5.82 Å². The molecule has 1 aromatic heterocycles. The molecular formula is C22H32Cl3FN4O3. The number of piperazine rings is 1. The Balaban J connectivity index is 0.00000181. The van der Waals surface area contributed by atoms with E-state index in [0.29, 0.717) is 13.1 Å². The Morgan fingerprint density at radius 3 is 2.30 bits per heavy atom. The highest BCUT2D eigenvalue weighted by Gasteiger charge is 2.46. The minimum absolute atomic E-state index is 0. The van der Waals surface area contributed by atoms with Crippen molar-refractivity contribution in [3.63, 3.8) is 0 Å². The molecule has 0 saturated carbocycles. The van der Waals surface area contributed by atoms with E-state index in [1.165, 1.54) is 12.1 Å². The van der Waals surface area contributed by atoms with E-state index in [2.05, 4.69) is 20.1 Å². The second-order valence-electron chi connectivity index (χ2n) is 7.85. The van der Waals surface area contributed by atoms with Gasteiger partial charge in [0.15, 0.2) is 0 Å². The van der Waals surface area contributed by atoms with Gasteiger partial charge >= 0.3 is 0 Å². The first-order valence-electron chi connectivity index (χ1n) is 10.5. The lowest BCUT2D eigenvalue weighted by atomic mass is 10.0. The monoisotopic (exact) mass is 524 g/mol. The number of nitrogens with zero attached hydrogens (tertiary/aromatic N) is 3. The number of pyridine rings is 1. The van der Waals surface area contributed by atoms with Crippen LogP contribution in [0.2, 0.25) is 0 Å². The number of aliphatic hydroxyl groups excluding tert-OH is 2. The average Bonchev–Trinajstić information content (AvgIpc) is 3.11. The molecule has 2 saturated heterocycles. The Labute approximate surface area is 212 Å². The van der Waals surface area contributed by atoms with Gasteiger partial charge in [-0.3, -0.25) is 4.90 Å². The largest absolute Gasteiger partial charge is 0.394 e. The summed E-state index contributed by atoms with van der Waals surface area (Å²) >= 11 is 0. The lowest BCUT2D eigenvalue weighted by Gasteiger charge is -2.40. The van der Waals surface area contributed by atoms with Crippen LogP contribution in [0.25, 0.3) is 0 Å². The normalized spacial score (nSPS) is 25.0. The molecule has 4 rings (SSSR count). The Morgan fingerprint density at radius 1 is 1.00 bits per heavy atom. The number of nitrogens with one attached hydrogen (secondary N) is 1. The molecule has 7 nitrogen and oxygen atoms in total. The third-order valence-electron chi connectivity index (χ3n) is 5.94. The first-order chi connectivity index (χ1) is 14.7. The molecule has 0 amide bonds. The van der Waals surface area contributed by atoms with Crippen molar-refractivity contribution in [1.82, 2.24) is 15.2 Å². The molecule has 11 heteroatoms. The van der Waals surface area contributed by atoms with Gasteiger partial charge in [-0.25, -0.2) is 9.37 Å². The zero-order valence-electron chi connectivity index (χ0n) is 18.1. The third-order valence-corrected chi connectivity index (χ3v) is 5.94. The fraction of sp³-hybridized carbons (Fsp3) is 0.500. The number of ether oxygens (including phenoxy) is 1. The van der Waals surface area contributed by atoms with Crippen molar-refractivity contribution in [3.8, 4) is 0 Å². The van der Waals surface area contributed by atoms with Crippen molar-refractivity contribution < 1.29 is 19.3 Å². The number of aliphatic hydroxyl groups is 2. The quantitative estimate of drug-likeness (QED) is 0.509. The first-order valence-corrected chi connectivity index (χ1v) is 10.5. The molecule has 0 radical (unpaired) electrons. The predicted octanol–water partition coefficient (Wildman–Crippen LogP) is 1.89. The third kappa shape index (κ3) is 7.37. The molecule has 2 aromatic rings. The molecule has 0 bridgehead atoms. The average molecular weight is 526 g/mol. The number of anilines is 1. The van der Waals surface area contributed by atoms with Crippen molar-refractivity contribution in [2.75, 3.05) is 44.2 Å². The smallest absolute Gasteiger partial charge is 0.128 e. The van der Waals surface area contributed by atoms with Crippen LogP contribution in [0.5, 0.6) is 0 Å². The molecule has 0 unspecified atom stereocenters. The zero-order chi connectivity index (χ0) is 20.9. The summed E-state index contributed by atoms with van der Waals surface area (Å²) in [6.45, 7) is 4.12. The molecule has 33 heavy (non-hydrogen) atoms. The van der Waals surface area contributed by atoms with Gasteiger partial charge in [-0.2, -0.15) is 0 Å². The lowest BCUT2D eigenvalue weighted by molar-refractivity contribution is -0.0213. The number of hydrogen-bond donors (Lipinski definition) is 3. The van der Waals surface area contributed by atoms with Gasteiger partial charge in [-0.05, 0) is 29.8 Å². The molecule has 2 fully saturated rings. The van der Waals surface area contributed by atoms with Crippen molar-refractivity contribution in [3.05, 3.63) is 60.0 Å². The Hall–Kier alpha value is -1.23. The van der Waals surface area contributed by atoms with Gasteiger partial charge in [0.05, 0.1) is 18.8 Å². The van der Waals surface area contributed by atoms with E-state index >= 15 is 0 Å². The van der Waals surface area contributed by atoms with Gasteiger partial charge in [-0.1, -0.05) is 18.2 Å². The van der Waals surface area contributed by atoms with Gasteiger partial charge in [0.2, 0.25) is 0 Å². The van der Waals surface area contributed by atoms with Gasteiger partial charge in [0, 0.05) is 45.5 Å². The second kappa shape index (κ2) is 14.2. The molecular weight excluding hydrogens is 494 g/mol. The Kier molecular flexibility index (Phi) is 12.9. The van der Waals surface area contributed by atoms with Crippen LogP contribution in [0.4, 0.5) is 10.2 Å². The number of rotatable bonds is 7. The fourth-order valence-corrected chi connectivity index (χ4v) is 4.35. The first kappa shape index (κ1) is 29.8. The number of hydrogen-bond acceptors (Lipinski definition) is 7. The van der Waals surface area contributed by atoms with Gasteiger partial charge in [-0.15, -0.1) is 37.2 Å². The summed E-state index contributed by atoms with van der Waals surface area (Å²) in [4.78, 5) is 8.92. The minimum atomic E-state index is -0.742. The standard InChI is InChI=1S/C22H29FN4O3.3ClH/c23-17-6-4-16(5-7-17)13-24-14-18-21(22(29)19(15-28)30-18)27-11-9-26(10-12-27)20-3-1-2-8-25-20;;;/h1-8,18-19,21-22,24,28-29H,9-15H2;3*1H/t18-,19+,21+,22-;;;/m1.../s1. The lowest BCUT2D eigenvalue weighted by Crippen LogP contribution is -2.57. The molecule has 0 aliphatic carbocycles. The fourth-order valence-electron chi connectivity index (χ4n) is 4.35. The van der Waals surface area contributed by atoms with E-state index in [1.807, 2.05) is 18.2 Å². The van der Waals surface area contributed by atoms with E-state index in [1.54, 1.807) is 18.3 Å². The van der Waals surface area contributed by atoms with Crippen LogP contribution in [0.3, 0.4) is 0 Å². The Bertz CT molecular complexity index is 801. The zero-order valence-corrected chi connectivity index (χ0v) is 20.6. The molecule has 4 atom stereocenters. The second-order valence-corrected chi connectivity index (χ2v) is 7.85. The number of halogens is 4. The van der Waals surface area contributed by atoms with Crippen LogP contribution in [-0.4, -0.2) is 83.8 Å². The number of benzene rings is 1. The van der Waals surface area contributed by atoms with Crippen LogP contribution in [-0.2, 0) is 11.3 Å².